The van der Waals surface area contributed by atoms with Crippen molar-refractivity contribution in [2.24, 2.45) is 0 Å². The van der Waals surface area contributed by atoms with Crippen molar-refractivity contribution < 1.29 is 9.59 Å². The van der Waals surface area contributed by atoms with Gasteiger partial charge in [0.05, 0.1) is 0 Å². The molecule has 0 atom stereocenters. The fraction of sp³-hybridized carbons (Fsp3) is 0.625. The molecule has 1 aromatic heterocycles. The molecule has 2 amide bonds. The van der Waals surface area contributed by atoms with Crippen molar-refractivity contribution in [3.05, 3.63) is 28.2 Å². The number of aromatic nitrogens is 2. The molecule has 1 N–H and O–H groups in total. The highest BCUT2D eigenvalue weighted by atomic mass is 16.2. The fourth-order valence-electron chi connectivity index (χ4n) is 2.74. The van der Waals surface area contributed by atoms with Crippen molar-refractivity contribution in [1.82, 2.24) is 24.9 Å². The Labute approximate surface area is 141 Å². The van der Waals surface area contributed by atoms with E-state index in [0.29, 0.717) is 32.6 Å². The summed E-state index contributed by atoms with van der Waals surface area (Å²) in [5.41, 5.74) is -0.119. The molecular formula is C16H25N5O3. The van der Waals surface area contributed by atoms with Gasteiger partial charge in [-0.25, -0.2) is 5.10 Å². The Morgan fingerprint density at radius 1 is 1.12 bits per heavy atom. The predicted octanol–water partition coefficient (Wildman–Crippen LogP) is -0.214. The van der Waals surface area contributed by atoms with E-state index in [4.69, 9.17) is 0 Å². The van der Waals surface area contributed by atoms with Crippen LogP contribution in [-0.4, -0.2) is 82.5 Å². The Balaban J connectivity index is 1.82. The summed E-state index contributed by atoms with van der Waals surface area (Å²) in [7, 11) is 0. The number of amides is 2. The maximum atomic E-state index is 12.3. The molecule has 24 heavy (non-hydrogen) atoms. The molecule has 0 aromatic carbocycles. The van der Waals surface area contributed by atoms with Gasteiger partial charge in [0.2, 0.25) is 5.91 Å². The number of nitrogens with one attached hydrogen (secondary N) is 1. The first-order valence-corrected chi connectivity index (χ1v) is 8.40. The smallest absolute Gasteiger partial charge is 0.274 e. The summed E-state index contributed by atoms with van der Waals surface area (Å²) in [6.45, 7) is 8.86. The lowest BCUT2D eigenvalue weighted by molar-refractivity contribution is -0.133. The molecule has 0 saturated carbocycles. The molecule has 8 heteroatoms. The van der Waals surface area contributed by atoms with E-state index in [1.165, 1.54) is 12.1 Å². The molecule has 0 aliphatic carbocycles. The van der Waals surface area contributed by atoms with Crippen molar-refractivity contribution in [2.45, 2.75) is 20.3 Å². The lowest BCUT2D eigenvalue weighted by Crippen LogP contribution is -2.51. The molecule has 1 aliphatic rings. The van der Waals surface area contributed by atoms with Crippen LogP contribution in [0.2, 0.25) is 0 Å². The molecule has 1 aliphatic heterocycles. The van der Waals surface area contributed by atoms with Crippen LogP contribution in [0.3, 0.4) is 0 Å². The summed E-state index contributed by atoms with van der Waals surface area (Å²) in [6.07, 6.45) is 0.511. The molecular weight excluding hydrogens is 310 g/mol. The number of rotatable bonds is 6. The Morgan fingerprint density at radius 2 is 1.75 bits per heavy atom. The quantitative estimate of drug-likeness (QED) is 0.777. The zero-order valence-corrected chi connectivity index (χ0v) is 14.3. The molecule has 0 unspecified atom stereocenters. The van der Waals surface area contributed by atoms with Crippen LogP contribution in [0.1, 0.15) is 30.8 Å². The second kappa shape index (κ2) is 8.58. The van der Waals surface area contributed by atoms with Crippen LogP contribution in [0.25, 0.3) is 0 Å². The van der Waals surface area contributed by atoms with Crippen LogP contribution >= 0.6 is 0 Å². The highest BCUT2D eigenvalue weighted by Gasteiger charge is 2.25. The van der Waals surface area contributed by atoms with Crippen molar-refractivity contribution in [2.75, 3.05) is 45.8 Å². The van der Waals surface area contributed by atoms with Crippen molar-refractivity contribution in [1.29, 1.82) is 0 Å². The van der Waals surface area contributed by atoms with Gasteiger partial charge in [0.15, 0.2) is 0 Å². The Kier molecular flexibility index (Phi) is 6.48. The lowest BCUT2D eigenvalue weighted by atomic mass is 10.2. The third kappa shape index (κ3) is 4.64. The summed E-state index contributed by atoms with van der Waals surface area (Å²) in [4.78, 5) is 41.3. The van der Waals surface area contributed by atoms with Crippen LogP contribution in [0.5, 0.6) is 0 Å². The third-order valence-electron chi connectivity index (χ3n) is 4.35. The largest absolute Gasteiger partial charge is 0.339 e. The average molecular weight is 335 g/mol. The number of H-pyrrole nitrogens is 1. The van der Waals surface area contributed by atoms with Gasteiger partial charge in [0.1, 0.15) is 5.69 Å². The number of piperazine rings is 1. The van der Waals surface area contributed by atoms with Gasteiger partial charge in [-0.3, -0.25) is 14.4 Å². The average Bonchev–Trinajstić information content (AvgIpc) is 2.62. The highest BCUT2D eigenvalue weighted by molar-refractivity contribution is 5.92. The normalized spacial score (nSPS) is 15.0. The standard InChI is InChI=1S/C16H25N5O3/c1-3-19(4-2)8-7-15(23)20-9-11-21(12-10-20)16(24)13-5-6-14(22)18-17-13/h5-6H,3-4,7-12H2,1-2H3,(H,18,22). The Hall–Kier alpha value is -2.22. The van der Waals surface area contributed by atoms with E-state index in [9.17, 15) is 14.4 Å². The maximum absolute atomic E-state index is 12.3. The number of carbonyl (C=O) groups is 2. The minimum Gasteiger partial charge on any atom is -0.339 e. The van der Waals surface area contributed by atoms with E-state index >= 15 is 0 Å². The summed E-state index contributed by atoms with van der Waals surface area (Å²) < 4.78 is 0. The van der Waals surface area contributed by atoms with Crippen LogP contribution in [-0.2, 0) is 4.79 Å². The van der Waals surface area contributed by atoms with Crippen LogP contribution in [0, 0.1) is 0 Å². The summed E-state index contributed by atoms with van der Waals surface area (Å²) in [5, 5.41) is 6.02. The van der Waals surface area contributed by atoms with Crippen molar-refractivity contribution >= 4 is 11.8 Å². The van der Waals surface area contributed by atoms with E-state index in [2.05, 4.69) is 28.9 Å². The second-order valence-electron chi connectivity index (χ2n) is 5.76. The third-order valence-corrected chi connectivity index (χ3v) is 4.35. The van der Waals surface area contributed by atoms with Crippen LogP contribution in [0.15, 0.2) is 16.9 Å². The van der Waals surface area contributed by atoms with Crippen molar-refractivity contribution in [3.8, 4) is 0 Å². The Bertz CT molecular complexity index is 598. The molecule has 132 valence electrons. The van der Waals surface area contributed by atoms with Gasteiger partial charge in [0, 0.05) is 45.2 Å². The second-order valence-corrected chi connectivity index (χ2v) is 5.76. The van der Waals surface area contributed by atoms with Gasteiger partial charge in [-0.1, -0.05) is 13.8 Å². The topological polar surface area (TPSA) is 89.6 Å². The molecule has 8 nitrogen and oxygen atoms in total. The van der Waals surface area contributed by atoms with E-state index in [1.54, 1.807) is 4.90 Å². The first-order valence-electron chi connectivity index (χ1n) is 8.40. The lowest BCUT2D eigenvalue weighted by Gasteiger charge is -2.35. The minimum absolute atomic E-state index is 0.135. The molecule has 1 saturated heterocycles. The predicted molar refractivity (Wildman–Crippen MR) is 89.7 cm³/mol. The van der Waals surface area contributed by atoms with Crippen molar-refractivity contribution in [3.63, 3.8) is 0 Å². The SMILES string of the molecule is CCN(CC)CCC(=O)N1CCN(C(=O)c2ccc(=O)[nH]n2)CC1. The van der Waals surface area contributed by atoms with Gasteiger partial charge < -0.3 is 14.7 Å². The van der Waals surface area contributed by atoms with Gasteiger partial charge in [0.25, 0.3) is 11.5 Å². The van der Waals surface area contributed by atoms with Gasteiger partial charge in [-0.15, -0.1) is 0 Å². The first-order chi connectivity index (χ1) is 11.5. The summed E-state index contributed by atoms with van der Waals surface area (Å²) >= 11 is 0. The maximum Gasteiger partial charge on any atom is 0.274 e. The van der Waals surface area contributed by atoms with E-state index in [1.807, 2.05) is 4.90 Å². The van der Waals surface area contributed by atoms with E-state index < -0.39 is 0 Å². The molecule has 2 heterocycles. The van der Waals surface area contributed by atoms with Gasteiger partial charge >= 0.3 is 0 Å². The number of aromatic amines is 1. The van der Waals surface area contributed by atoms with E-state index in [-0.39, 0.29) is 23.1 Å². The zero-order chi connectivity index (χ0) is 17.5. The van der Waals surface area contributed by atoms with Crippen LogP contribution < -0.4 is 5.56 Å². The molecule has 0 radical (unpaired) electrons. The van der Waals surface area contributed by atoms with Gasteiger partial charge in [-0.05, 0) is 19.2 Å². The molecule has 2 rings (SSSR count). The fourth-order valence-corrected chi connectivity index (χ4v) is 2.74. The zero-order valence-electron chi connectivity index (χ0n) is 14.3. The highest BCUT2D eigenvalue weighted by Crippen LogP contribution is 2.08. The van der Waals surface area contributed by atoms with Crippen LogP contribution in [0.4, 0.5) is 0 Å². The monoisotopic (exact) mass is 335 g/mol. The molecule has 1 fully saturated rings. The molecule has 1 aromatic rings. The molecule has 0 spiro atoms. The first kappa shape index (κ1) is 18.1. The number of hydrogen-bond donors (Lipinski definition) is 1. The van der Waals surface area contributed by atoms with Gasteiger partial charge in [-0.2, -0.15) is 5.10 Å². The van der Waals surface area contributed by atoms with E-state index in [0.717, 1.165) is 19.6 Å². The summed E-state index contributed by atoms with van der Waals surface area (Å²) in [6, 6.07) is 2.70. The minimum atomic E-state index is -0.338. The Morgan fingerprint density at radius 3 is 2.29 bits per heavy atom. The summed E-state index contributed by atoms with van der Waals surface area (Å²) in [5.74, 6) is -0.0855. The number of nitrogens with zero attached hydrogens (tertiary/aromatic N) is 4. The molecule has 0 bridgehead atoms. The number of carbonyl (C=O) groups excluding carboxylic acids is 2. The number of hydrogen-bond acceptors (Lipinski definition) is 5.